The molecular weight excluding hydrogens is 370 g/mol. The second kappa shape index (κ2) is 9.87. The van der Waals surface area contributed by atoms with Crippen LogP contribution in [-0.2, 0) is 16.0 Å². The number of benzene rings is 1. The standard InChI is InChI=1S/C22H31N3O4/c1-3-4-13-24-20(26)21(27)25(22(24)28)16-23-14-11-18(12-15-23)6-5-17-7-9-19(29-2)10-8-17/h7-10,18H,3-6,11-16H2,1-2H3. The predicted octanol–water partition coefficient (Wildman–Crippen LogP) is 2.89. The molecule has 158 valence electrons. The smallest absolute Gasteiger partial charge is 0.335 e. The number of amides is 4. The molecule has 29 heavy (non-hydrogen) atoms. The number of imide groups is 2. The van der Waals surface area contributed by atoms with Crippen molar-refractivity contribution in [2.24, 2.45) is 5.92 Å². The molecule has 2 fully saturated rings. The van der Waals surface area contributed by atoms with E-state index < -0.39 is 17.8 Å². The molecule has 3 rings (SSSR count). The van der Waals surface area contributed by atoms with E-state index in [-0.39, 0.29) is 6.67 Å². The summed E-state index contributed by atoms with van der Waals surface area (Å²) in [6.07, 6.45) is 5.84. The van der Waals surface area contributed by atoms with Crippen molar-refractivity contribution in [3.8, 4) is 5.75 Å². The number of unbranched alkanes of at least 4 members (excludes halogenated alkanes) is 1. The Morgan fingerprint density at radius 3 is 2.28 bits per heavy atom. The van der Waals surface area contributed by atoms with Crippen molar-refractivity contribution in [3.63, 3.8) is 0 Å². The van der Waals surface area contributed by atoms with E-state index in [0.717, 1.165) is 67.2 Å². The van der Waals surface area contributed by atoms with Crippen LogP contribution in [0.1, 0.15) is 44.6 Å². The summed E-state index contributed by atoms with van der Waals surface area (Å²) < 4.78 is 5.20. The maximum Gasteiger partial charge on any atom is 0.335 e. The lowest BCUT2D eigenvalue weighted by atomic mass is 9.90. The summed E-state index contributed by atoms with van der Waals surface area (Å²) in [5.41, 5.74) is 1.31. The van der Waals surface area contributed by atoms with Gasteiger partial charge in [-0.05, 0) is 55.7 Å². The molecule has 0 atom stereocenters. The summed E-state index contributed by atoms with van der Waals surface area (Å²) in [6, 6.07) is 7.75. The predicted molar refractivity (Wildman–Crippen MR) is 109 cm³/mol. The molecule has 0 bridgehead atoms. The largest absolute Gasteiger partial charge is 0.497 e. The number of piperidine rings is 1. The van der Waals surface area contributed by atoms with Gasteiger partial charge in [0.15, 0.2) is 0 Å². The molecule has 2 aliphatic heterocycles. The first-order chi connectivity index (χ1) is 14.0. The Labute approximate surface area is 172 Å². The summed E-state index contributed by atoms with van der Waals surface area (Å²) >= 11 is 0. The van der Waals surface area contributed by atoms with Crippen LogP contribution in [0.4, 0.5) is 4.79 Å². The van der Waals surface area contributed by atoms with Gasteiger partial charge in [-0.25, -0.2) is 9.69 Å². The van der Waals surface area contributed by atoms with E-state index in [1.165, 1.54) is 5.56 Å². The topological polar surface area (TPSA) is 70.2 Å². The van der Waals surface area contributed by atoms with Crippen LogP contribution >= 0.6 is 0 Å². The molecule has 0 radical (unpaired) electrons. The van der Waals surface area contributed by atoms with Crippen LogP contribution in [-0.4, -0.2) is 66.0 Å². The first-order valence-electron chi connectivity index (χ1n) is 10.6. The number of hydrogen-bond acceptors (Lipinski definition) is 5. The number of carbonyl (C=O) groups excluding carboxylic acids is 3. The Balaban J connectivity index is 1.44. The first-order valence-corrected chi connectivity index (χ1v) is 10.6. The zero-order valence-corrected chi connectivity index (χ0v) is 17.4. The molecule has 7 heteroatoms. The number of urea groups is 1. The Hall–Kier alpha value is -2.41. The number of rotatable bonds is 9. The lowest BCUT2D eigenvalue weighted by Crippen LogP contribution is -2.45. The van der Waals surface area contributed by atoms with Crippen LogP contribution in [0.5, 0.6) is 5.75 Å². The van der Waals surface area contributed by atoms with Gasteiger partial charge in [-0.3, -0.25) is 19.4 Å². The molecule has 0 unspecified atom stereocenters. The van der Waals surface area contributed by atoms with Crippen molar-refractivity contribution in [1.29, 1.82) is 0 Å². The summed E-state index contributed by atoms with van der Waals surface area (Å²) in [6.45, 7) is 4.21. The summed E-state index contributed by atoms with van der Waals surface area (Å²) in [7, 11) is 1.67. The molecule has 0 aromatic heterocycles. The van der Waals surface area contributed by atoms with E-state index in [0.29, 0.717) is 12.5 Å². The number of likely N-dealkylation sites (tertiary alicyclic amines) is 1. The van der Waals surface area contributed by atoms with Crippen molar-refractivity contribution >= 4 is 17.8 Å². The first kappa shape index (κ1) is 21.3. The lowest BCUT2D eigenvalue weighted by Gasteiger charge is -2.33. The van der Waals surface area contributed by atoms with Gasteiger partial charge < -0.3 is 4.74 Å². The fourth-order valence-electron chi connectivity index (χ4n) is 3.97. The average Bonchev–Trinajstić information content (AvgIpc) is 2.95. The molecule has 2 saturated heterocycles. The second-order valence-electron chi connectivity index (χ2n) is 7.92. The second-order valence-corrected chi connectivity index (χ2v) is 7.92. The molecule has 1 aromatic carbocycles. The third-order valence-corrected chi connectivity index (χ3v) is 5.92. The van der Waals surface area contributed by atoms with Crippen LogP contribution in [0.3, 0.4) is 0 Å². The zero-order valence-electron chi connectivity index (χ0n) is 17.4. The van der Waals surface area contributed by atoms with Gasteiger partial charge in [-0.1, -0.05) is 25.5 Å². The highest BCUT2D eigenvalue weighted by Crippen LogP contribution is 2.24. The fourth-order valence-corrected chi connectivity index (χ4v) is 3.97. The highest BCUT2D eigenvalue weighted by Gasteiger charge is 2.44. The van der Waals surface area contributed by atoms with Gasteiger partial charge in [-0.2, -0.15) is 0 Å². The minimum atomic E-state index is -0.687. The average molecular weight is 402 g/mol. The van der Waals surface area contributed by atoms with Crippen LogP contribution < -0.4 is 4.74 Å². The third-order valence-electron chi connectivity index (χ3n) is 5.92. The van der Waals surface area contributed by atoms with Gasteiger partial charge >= 0.3 is 17.8 Å². The van der Waals surface area contributed by atoms with Crippen molar-refractivity contribution in [3.05, 3.63) is 29.8 Å². The molecule has 0 N–H and O–H groups in total. The van der Waals surface area contributed by atoms with Gasteiger partial charge in [0.2, 0.25) is 0 Å². The van der Waals surface area contributed by atoms with Crippen molar-refractivity contribution in [2.75, 3.05) is 33.4 Å². The molecule has 4 amide bonds. The van der Waals surface area contributed by atoms with Crippen molar-refractivity contribution in [2.45, 2.75) is 45.4 Å². The zero-order chi connectivity index (χ0) is 20.8. The van der Waals surface area contributed by atoms with Crippen LogP contribution in [0.25, 0.3) is 0 Å². The van der Waals surface area contributed by atoms with Crippen LogP contribution in [0, 0.1) is 5.92 Å². The molecule has 1 aromatic rings. The molecule has 2 aliphatic rings. The highest BCUT2D eigenvalue weighted by atomic mass is 16.5. The van der Waals surface area contributed by atoms with Crippen molar-refractivity contribution in [1.82, 2.24) is 14.7 Å². The molecular formula is C22H31N3O4. The number of aryl methyl sites for hydroxylation is 1. The van der Waals surface area contributed by atoms with Crippen LogP contribution in [0.15, 0.2) is 24.3 Å². The summed E-state index contributed by atoms with van der Waals surface area (Å²) in [5, 5.41) is 0. The Kier molecular flexibility index (Phi) is 7.25. The minimum Gasteiger partial charge on any atom is -0.497 e. The molecule has 0 spiro atoms. The SMILES string of the molecule is CCCCN1C(=O)C(=O)N(CN2CCC(CCc3ccc(OC)cc3)CC2)C1=O. The normalized spacial score (nSPS) is 18.8. The highest BCUT2D eigenvalue weighted by molar-refractivity contribution is 6.44. The van der Waals surface area contributed by atoms with Crippen LogP contribution in [0.2, 0.25) is 0 Å². The van der Waals surface area contributed by atoms with E-state index in [2.05, 4.69) is 17.0 Å². The van der Waals surface area contributed by atoms with Gasteiger partial charge in [0.1, 0.15) is 5.75 Å². The molecule has 2 heterocycles. The lowest BCUT2D eigenvalue weighted by molar-refractivity contribution is -0.144. The van der Waals surface area contributed by atoms with Gasteiger partial charge in [0.25, 0.3) is 0 Å². The number of methoxy groups -OCH3 is 1. The van der Waals surface area contributed by atoms with Gasteiger partial charge in [0, 0.05) is 19.6 Å². The number of carbonyl (C=O) groups is 3. The Morgan fingerprint density at radius 1 is 1.00 bits per heavy atom. The summed E-state index contributed by atoms with van der Waals surface area (Å²) in [4.78, 5) is 41.0. The quantitative estimate of drug-likeness (QED) is 0.470. The minimum absolute atomic E-state index is 0.219. The Bertz CT molecular complexity index is 726. The third kappa shape index (κ3) is 5.15. The number of nitrogens with zero attached hydrogens (tertiary/aromatic N) is 3. The van der Waals surface area contributed by atoms with E-state index in [4.69, 9.17) is 4.74 Å². The molecule has 7 nitrogen and oxygen atoms in total. The van der Waals surface area contributed by atoms with E-state index in [1.54, 1.807) is 7.11 Å². The maximum atomic E-state index is 12.4. The van der Waals surface area contributed by atoms with E-state index in [1.807, 2.05) is 19.1 Å². The maximum absolute atomic E-state index is 12.4. The number of ether oxygens (including phenoxy) is 1. The monoisotopic (exact) mass is 401 g/mol. The van der Waals surface area contributed by atoms with Crippen molar-refractivity contribution < 1.29 is 19.1 Å². The molecule has 0 aliphatic carbocycles. The number of hydrogen-bond donors (Lipinski definition) is 0. The van der Waals surface area contributed by atoms with Gasteiger partial charge in [0.05, 0.1) is 13.8 Å². The Morgan fingerprint density at radius 2 is 1.66 bits per heavy atom. The van der Waals surface area contributed by atoms with E-state index in [9.17, 15) is 14.4 Å². The molecule has 0 saturated carbocycles. The fraction of sp³-hybridized carbons (Fsp3) is 0.591. The van der Waals surface area contributed by atoms with Gasteiger partial charge in [-0.15, -0.1) is 0 Å². The summed E-state index contributed by atoms with van der Waals surface area (Å²) in [5.74, 6) is 0.145. The van der Waals surface area contributed by atoms with E-state index >= 15 is 0 Å².